The second-order valence-corrected chi connectivity index (χ2v) is 11.6. The first-order valence-corrected chi connectivity index (χ1v) is 11.1. The van der Waals surface area contributed by atoms with Gasteiger partial charge in [-0.3, -0.25) is 0 Å². The van der Waals surface area contributed by atoms with E-state index in [-0.39, 0.29) is 12.4 Å². The van der Waals surface area contributed by atoms with Crippen molar-refractivity contribution in [3.05, 3.63) is 0 Å². The van der Waals surface area contributed by atoms with Gasteiger partial charge in [-0.15, -0.1) is 0 Å². The van der Waals surface area contributed by atoms with Crippen molar-refractivity contribution < 1.29 is 21.3 Å². The number of quaternary nitrogens is 1. The molecule has 0 aliphatic heterocycles. The zero-order valence-corrected chi connectivity index (χ0v) is 15.9. The number of hydrogen-bond acceptors (Lipinski definition) is 1. The summed E-state index contributed by atoms with van der Waals surface area (Å²) in [5, 5.41) is 0. The fourth-order valence-corrected chi connectivity index (χ4v) is 2.73. The van der Waals surface area contributed by atoms with Crippen LogP contribution >= 0.6 is 0 Å². The summed E-state index contributed by atoms with van der Waals surface area (Å²) in [5.74, 6) is 0. The Morgan fingerprint density at radius 2 is 1.37 bits per heavy atom. The van der Waals surface area contributed by atoms with Crippen LogP contribution in [0.15, 0.2) is 0 Å². The molecule has 0 N–H and O–H groups in total. The molecule has 0 heterocycles. The van der Waals surface area contributed by atoms with Crippen LogP contribution in [0.1, 0.15) is 45.4 Å². The molecule has 0 aromatic heterocycles. The second kappa shape index (κ2) is 11.1. The molecule has 0 spiro atoms. The number of nitrogens with zero attached hydrogens (tertiary/aromatic N) is 1. The van der Waals surface area contributed by atoms with Gasteiger partial charge in [0.15, 0.2) is 8.32 Å². The third kappa shape index (κ3) is 16.4. The lowest BCUT2D eigenvalue weighted by molar-refractivity contribution is -0.890. The smallest absolute Gasteiger partial charge is 0.184 e. The lowest BCUT2D eigenvalue weighted by Gasteiger charge is -2.31. The number of hydrogen-bond donors (Lipinski definition) is 0. The number of halogens is 1. The molecule has 2 nitrogen and oxygen atoms in total. The van der Waals surface area contributed by atoms with Crippen molar-refractivity contribution in [2.45, 2.75) is 65.1 Å². The van der Waals surface area contributed by atoms with Crippen LogP contribution in [0.4, 0.5) is 0 Å². The predicted molar refractivity (Wildman–Crippen MR) is 84.5 cm³/mol. The molecule has 0 fully saturated rings. The molecule has 0 aliphatic rings. The predicted octanol–water partition coefficient (Wildman–Crippen LogP) is 1.28. The minimum atomic E-state index is -1.32. The van der Waals surface area contributed by atoms with Crippen molar-refractivity contribution in [2.24, 2.45) is 0 Å². The maximum Gasteiger partial charge on any atom is 0.184 e. The lowest BCUT2D eigenvalue weighted by Crippen LogP contribution is -3.00. The van der Waals surface area contributed by atoms with Gasteiger partial charge in [0, 0.05) is 0 Å². The fraction of sp³-hybridized carbons (Fsp3) is 1.00. The zero-order valence-electron chi connectivity index (χ0n) is 14.1. The highest BCUT2D eigenvalue weighted by Gasteiger charge is 2.18. The van der Waals surface area contributed by atoms with Crippen LogP contribution < -0.4 is 12.4 Å². The Labute approximate surface area is 129 Å². The SMILES string of the molecule is CCCCCCCC[N+](C)(C)CCO[Si](C)(C)C.[Cl-]. The summed E-state index contributed by atoms with van der Waals surface area (Å²) in [6.45, 7) is 12.4. The number of unbranched alkanes of at least 4 members (excludes halogenated alkanes) is 5. The molecule has 0 bridgehead atoms. The van der Waals surface area contributed by atoms with Gasteiger partial charge in [-0.25, -0.2) is 0 Å². The van der Waals surface area contributed by atoms with Crippen LogP contribution in [0, 0.1) is 0 Å². The fourth-order valence-electron chi connectivity index (χ4n) is 2.03. The van der Waals surface area contributed by atoms with Gasteiger partial charge in [0.05, 0.1) is 27.2 Å². The Hall–Kier alpha value is 0.427. The van der Waals surface area contributed by atoms with E-state index >= 15 is 0 Å². The van der Waals surface area contributed by atoms with E-state index in [4.69, 9.17) is 4.43 Å². The van der Waals surface area contributed by atoms with Crippen LogP contribution in [0.2, 0.25) is 19.6 Å². The van der Waals surface area contributed by atoms with E-state index in [0.29, 0.717) is 0 Å². The first-order valence-electron chi connectivity index (χ1n) is 7.73. The average Bonchev–Trinajstić information content (AvgIpc) is 2.21. The van der Waals surface area contributed by atoms with Crippen molar-refractivity contribution in [2.75, 3.05) is 33.8 Å². The summed E-state index contributed by atoms with van der Waals surface area (Å²) < 4.78 is 7.06. The zero-order chi connectivity index (χ0) is 14.1. The molecule has 0 atom stereocenters. The third-order valence-electron chi connectivity index (χ3n) is 3.35. The molecular formula is C15H36ClNOSi. The highest BCUT2D eigenvalue weighted by atomic mass is 35.5. The van der Waals surface area contributed by atoms with Gasteiger partial charge in [-0.2, -0.15) is 0 Å². The first-order chi connectivity index (χ1) is 8.27. The van der Waals surface area contributed by atoms with Crippen LogP contribution in [-0.4, -0.2) is 46.6 Å². The molecule has 0 amide bonds. The van der Waals surface area contributed by atoms with Crippen LogP contribution in [0.3, 0.4) is 0 Å². The Morgan fingerprint density at radius 1 is 0.842 bits per heavy atom. The highest BCUT2D eigenvalue weighted by molar-refractivity contribution is 6.69. The van der Waals surface area contributed by atoms with E-state index < -0.39 is 8.32 Å². The van der Waals surface area contributed by atoms with Gasteiger partial charge in [-0.1, -0.05) is 32.6 Å². The topological polar surface area (TPSA) is 9.23 Å². The van der Waals surface area contributed by atoms with E-state index in [1.165, 1.54) is 45.1 Å². The molecule has 0 unspecified atom stereocenters. The Kier molecular flexibility index (Phi) is 12.7. The van der Waals surface area contributed by atoms with Crippen molar-refractivity contribution >= 4 is 8.32 Å². The normalized spacial score (nSPS) is 12.3. The Balaban J connectivity index is 0. The van der Waals surface area contributed by atoms with Crippen LogP contribution in [0.25, 0.3) is 0 Å². The van der Waals surface area contributed by atoms with E-state index in [1.807, 2.05) is 0 Å². The molecule has 118 valence electrons. The molecule has 19 heavy (non-hydrogen) atoms. The summed E-state index contributed by atoms with van der Waals surface area (Å²) in [7, 11) is 3.35. The average molecular weight is 310 g/mol. The van der Waals surface area contributed by atoms with Gasteiger partial charge < -0.3 is 21.3 Å². The summed E-state index contributed by atoms with van der Waals surface area (Å²) in [6.07, 6.45) is 8.35. The van der Waals surface area contributed by atoms with Gasteiger partial charge >= 0.3 is 0 Å². The molecule has 0 aromatic carbocycles. The third-order valence-corrected chi connectivity index (χ3v) is 4.42. The molecule has 0 aliphatic carbocycles. The van der Waals surface area contributed by atoms with Gasteiger partial charge in [-0.05, 0) is 32.5 Å². The Morgan fingerprint density at radius 3 is 1.89 bits per heavy atom. The van der Waals surface area contributed by atoms with Crippen LogP contribution in [-0.2, 0) is 4.43 Å². The highest BCUT2D eigenvalue weighted by Crippen LogP contribution is 2.09. The minimum absolute atomic E-state index is 0. The van der Waals surface area contributed by atoms with Gasteiger partial charge in [0.1, 0.15) is 6.54 Å². The monoisotopic (exact) mass is 309 g/mol. The maximum absolute atomic E-state index is 5.95. The van der Waals surface area contributed by atoms with E-state index in [9.17, 15) is 0 Å². The summed E-state index contributed by atoms with van der Waals surface area (Å²) in [5.41, 5.74) is 0. The standard InChI is InChI=1S/C15H36NOSi.ClH/c1-7-8-9-10-11-12-13-16(2,3)14-15-17-18(4,5)6;/h7-15H2,1-6H3;1H/q+1;/p-1. The molecule has 0 saturated heterocycles. The summed E-state index contributed by atoms with van der Waals surface area (Å²) >= 11 is 0. The van der Waals surface area contributed by atoms with Crippen molar-refractivity contribution in [1.29, 1.82) is 0 Å². The quantitative estimate of drug-likeness (QED) is 0.317. The van der Waals surface area contributed by atoms with Crippen LogP contribution in [0.5, 0.6) is 0 Å². The second-order valence-electron chi connectivity index (χ2n) is 7.11. The van der Waals surface area contributed by atoms with Gasteiger partial charge in [0.25, 0.3) is 0 Å². The van der Waals surface area contributed by atoms with E-state index in [0.717, 1.165) is 17.6 Å². The molecule has 0 rings (SSSR count). The number of likely N-dealkylation sites (N-methyl/N-ethyl adjacent to an activating group) is 1. The minimum Gasteiger partial charge on any atom is -1.00 e. The lowest BCUT2D eigenvalue weighted by atomic mass is 10.1. The molecular weight excluding hydrogens is 274 g/mol. The van der Waals surface area contributed by atoms with Crippen molar-refractivity contribution in [3.8, 4) is 0 Å². The molecule has 0 saturated carbocycles. The molecule has 4 heteroatoms. The molecule has 0 aromatic rings. The van der Waals surface area contributed by atoms with Crippen molar-refractivity contribution in [1.82, 2.24) is 0 Å². The van der Waals surface area contributed by atoms with Crippen molar-refractivity contribution in [3.63, 3.8) is 0 Å². The van der Waals surface area contributed by atoms with Gasteiger partial charge in [0.2, 0.25) is 0 Å². The first kappa shape index (κ1) is 21.7. The number of rotatable bonds is 11. The maximum atomic E-state index is 5.95. The van der Waals surface area contributed by atoms with E-state index in [2.05, 4.69) is 40.7 Å². The van der Waals surface area contributed by atoms with E-state index in [1.54, 1.807) is 0 Å². The Bertz CT molecular complexity index is 205. The summed E-state index contributed by atoms with van der Waals surface area (Å²) in [6, 6.07) is 0. The summed E-state index contributed by atoms with van der Waals surface area (Å²) in [4.78, 5) is 0. The largest absolute Gasteiger partial charge is 1.00 e. The molecule has 0 radical (unpaired) electrons.